The summed E-state index contributed by atoms with van der Waals surface area (Å²) in [5.74, 6) is 0.477. The van der Waals surface area contributed by atoms with Crippen molar-refractivity contribution in [3.63, 3.8) is 0 Å². The van der Waals surface area contributed by atoms with Crippen molar-refractivity contribution >= 4 is 16.9 Å². The van der Waals surface area contributed by atoms with Gasteiger partial charge in [-0.05, 0) is 49.9 Å². The second kappa shape index (κ2) is 8.94. The van der Waals surface area contributed by atoms with E-state index in [1.165, 1.54) is 11.6 Å². The zero-order valence-corrected chi connectivity index (χ0v) is 18.1. The summed E-state index contributed by atoms with van der Waals surface area (Å²) in [6.45, 7) is 7.19. The number of carbonyl (C=O) groups excluding carboxylic acids is 1. The number of ether oxygens (including phenoxy) is 2. The van der Waals surface area contributed by atoms with Gasteiger partial charge in [0.2, 0.25) is 0 Å². The van der Waals surface area contributed by atoms with Crippen LogP contribution in [-0.2, 0) is 22.5 Å². The van der Waals surface area contributed by atoms with E-state index < -0.39 is 0 Å². The summed E-state index contributed by atoms with van der Waals surface area (Å²) >= 11 is 0. The molecule has 2 aromatic carbocycles. The minimum absolute atomic E-state index is 0.129. The fourth-order valence-corrected chi connectivity index (χ4v) is 4.13. The maximum absolute atomic E-state index is 12.1. The molecular formula is C25H27NO5. The molecule has 0 amide bonds. The largest absolute Gasteiger partial charge is 0.477 e. The number of fused-ring (bicyclic) bond motifs is 3. The zero-order chi connectivity index (χ0) is 22.0. The van der Waals surface area contributed by atoms with Crippen molar-refractivity contribution in [3.05, 3.63) is 75.1 Å². The van der Waals surface area contributed by atoms with Crippen molar-refractivity contribution in [1.29, 1.82) is 0 Å². The van der Waals surface area contributed by atoms with Crippen LogP contribution in [-0.4, -0.2) is 24.2 Å². The summed E-state index contributed by atoms with van der Waals surface area (Å²) in [4.78, 5) is 26.2. The summed E-state index contributed by atoms with van der Waals surface area (Å²) < 4.78 is 16.9. The van der Waals surface area contributed by atoms with Crippen LogP contribution in [0.25, 0.3) is 11.0 Å². The summed E-state index contributed by atoms with van der Waals surface area (Å²) in [5, 5.41) is 0.870. The summed E-state index contributed by atoms with van der Waals surface area (Å²) in [6, 6.07) is 13.8. The Morgan fingerprint density at radius 2 is 2.00 bits per heavy atom. The number of nitrogens with zero attached hydrogens (tertiary/aromatic N) is 1. The number of aryl methyl sites for hydroxylation is 2. The van der Waals surface area contributed by atoms with Crippen LogP contribution in [0.4, 0.5) is 0 Å². The van der Waals surface area contributed by atoms with Crippen molar-refractivity contribution in [3.8, 4) is 5.75 Å². The molecule has 1 aliphatic rings. The molecule has 6 nitrogen and oxygen atoms in total. The second-order valence-electron chi connectivity index (χ2n) is 7.88. The van der Waals surface area contributed by atoms with Gasteiger partial charge in [0.25, 0.3) is 0 Å². The van der Waals surface area contributed by atoms with Gasteiger partial charge in [-0.15, -0.1) is 0 Å². The van der Waals surface area contributed by atoms with Gasteiger partial charge in [-0.3, -0.25) is 9.69 Å². The van der Waals surface area contributed by atoms with E-state index in [1.807, 2.05) is 31.2 Å². The van der Waals surface area contributed by atoms with E-state index >= 15 is 0 Å². The average Bonchev–Trinajstić information content (AvgIpc) is 2.77. The minimum Gasteiger partial charge on any atom is -0.477 e. The Morgan fingerprint density at radius 1 is 1.23 bits per heavy atom. The van der Waals surface area contributed by atoms with Gasteiger partial charge >= 0.3 is 11.6 Å². The minimum atomic E-state index is -0.375. The molecule has 2 heterocycles. The Kier molecular flexibility index (Phi) is 6.09. The van der Waals surface area contributed by atoms with Gasteiger partial charge in [0.1, 0.15) is 18.1 Å². The molecule has 0 fully saturated rings. The van der Waals surface area contributed by atoms with E-state index in [0.29, 0.717) is 37.6 Å². The highest BCUT2D eigenvalue weighted by molar-refractivity contribution is 5.86. The smallest absolute Gasteiger partial charge is 0.336 e. The Morgan fingerprint density at radius 3 is 2.74 bits per heavy atom. The molecule has 1 aliphatic heterocycles. The van der Waals surface area contributed by atoms with Gasteiger partial charge in [-0.25, -0.2) is 4.79 Å². The van der Waals surface area contributed by atoms with Crippen LogP contribution in [0.5, 0.6) is 5.75 Å². The normalized spacial score (nSPS) is 14.7. The molecule has 31 heavy (non-hydrogen) atoms. The third-order valence-electron chi connectivity index (χ3n) is 5.83. The molecule has 0 aliphatic carbocycles. The van der Waals surface area contributed by atoms with E-state index in [0.717, 1.165) is 22.1 Å². The van der Waals surface area contributed by atoms with Crippen LogP contribution in [0.2, 0.25) is 0 Å². The number of rotatable bonds is 6. The standard InChI is InChI=1S/C25H27NO5/c1-4-29-22(27)11-10-19-13-20-16(2)12-23(28)31-25(20)21-14-26(15-30-24(19)21)17(3)18-8-6-5-7-9-18/h5-9,12-13,17H,4,10-11,14-15H2,1-3H3. The quantitative estimate of drug-likeness (QED) is 0.431. The van der Waals surface area contributed by atoms with Gasteiger partial charge in [0.15, 0.2) is 0 Å². The molecule has 0 N–H and O–H groups in total. The average molecular weight is 421 g/mol. The van der Waals surface area contributed by atoms with Crippen LogP contribution in [0.15, 0.2) is 51.7 Å². The highest BCUT2D eigenvalue weighted by atomic mass is 16.5. The van der Waals surface area contributed by atoms with Crippen LogP contribution in [0.1, 0.15) is 48.6 Å². The van der Waals surface area contributed by atoms with Crippen molar-refractivity contribution in [2.75, 3.05) is 13.3 Å². The fourth-order valence-electron chi connectivity index (χ4n) is 4.13. The van der Waals surface area contributed by atoms with Gasteiger partial charge in [0, 0.05) is 30.5 Å². The Balaban J connectivity index is 1.74. The topological polar surface area (TPSA) is 69.0 Å². The van der Waals surface area contributed by atoms with Crippen LogP contribution >= 0.6 is 0 Å². The number of hydrogen-bond acceptors (Lipinski definition) is 6. The van der Waals surface area contributed by atoms with Crippen molar-refractivity contribution in [2.45, 2.75) is 46.2 Å². The Bertz CT molecular complexity index is 1150. The van der Waals surface area contributed by atoms with Crippen molar-refractivity contribution in [2.24, 2.45) is 0 Å². The third-order valence-corrected chi connectivity index (χ3v) is 5.83. The Labute approximate surface area is 181 Å². The molecule has 1 aromatic heterocycles. The third kappa shape index (κ3) is 4.35. The molecule has 0 radical (unpaired) electrons. The lowest BCUT2D eigenvalue weighted by molar-refractivity contribution is -0.143. The first-order chi connectivity index (χ1) is 15.0. The predicted octanol–water partition coefficient (Wildman–Crippen LogP) is 4.51. The summed E-state index contributed by atoms with van der Waals surface area (Å²) in [7, 11) is 0. The van der Waals surface area contributed by atoms with Gasteiger partial charge < -0.3 is 13.9 Å². The molecule has 0 spiro atoms. The highest BCUT2D eigenvalue weighted by Crippen LogP contribution is 2.39. The first-order valence-electron chi connectivity index (χ1n) is 10.6. The molecule has 1 unspecified atom stereocenters. The van der Waals surface area contributed by atoms with E-state index in [9.17, 15) is 9.59 Å². The second-order valence-corrected chi connectivity index (χ2v) is 7.88. The van der Waals surface area contributed by atoms with Crippen molar-refractivity contribution in [1.82, 2.24) is 4.90 Å². The molecule has 3 aromatic rings. The summed E-state index contributed by atoms with van der Waals surface area (Å²) in [5.41, 5.74) is 4.00. The first-order valence-corrected chi connectivity index (χ1v) is 10.6. The number of hydrogen-bond donors (Lipinski definition) is 0. The van der Waals surface area contributed by atoms with Gasteiger partial charge in [-0.2, -0.15) is 0 Å². The van der Waals surface area contributed by atoms with E-state index in [2.05, 4.69) is 24.0 Å². The lowest BCUT2D eigenvalue weighted by atomic mass is 9.97. The maximum atomic E-state index is 12.1. The van der Waals surface area contributed by atoms with Gasteiger partial charge in [0.05, 0.1) is 12.2 Å². The number of benzene rings is 2. The molecule has 6 heteroatoms. The molecule has 162 valence electrons. The highest BCUT2D eigenvalue weighted by Gasteiger charge is 2.28. The Hall–Kier alpha value is -3.12. The van der Waals surface area contributed by atoms with Crippen LogP contribution in [0.3, 0.4) is 0 Å². The van der Waals surface area contributed by atoms with E-state index in [1.54, 1.807) is 6.92 Å². The van der Waals surface area contributed by atoms with Crippen LogP contribution in [0, 0.1) is 6.92 Å². The van der Waals surface area contributed by atoms with E-state index in [-0.39, 0.29) is 24.1 Å². The zero-order valence-electron chi connectivity index (χ0n) is 18.1. The SMILES string of the molecule is CCOC(=O)CCc1cc2c(C)cc(=O)oc2c2c1OCN(C(C)c1ccccc1)C2. The predicted molar refractivity (Wildman–Crippen MR) is 118 cm³/mol. The molecule has 0 saturated heterocycles. The maximum Gasteiger partial charge on any atom is 0.336 e. The number of esters is 1. The van der Waals surface area contributed by atoms with Crippen molar-refractivity contribution < 1.29 is 18.7 Å². The lowest BCUT2D eigenvalue weighted by Gasteiger charge is -2.35. The lowest BCUT2D eigenvalue weighted by Crippen LogP contribution is -2.35. The molecule has 1 atom stereocenters. The van der Waals surface area contributed by atoms with E-state index in [4.69, 9.17) is 13.9 Å². The summed E-state index contributed by atoms with van der Waals surface area (Å²) in [6.07, 6.45) is 0.777. The van der Waals surface area contributed by atoms with Gasteiger partial charge in [-0.1, -0.05) is 30.3 Å². The molecular weight excluding hydrogens is 394 g/mol. The molecule has 0 saturated carbocycles. The fraction of sp³-hybridized carbons (Fsp3) is 0.360. The number of carbonyl (C=O) groups is 1. The monoisotopic (exact) mass is 421 g/mol. The molecule has 4 rings (SSSR count). The molecule has 0 bridgehead atoms. The van der Waals surface area contributed by atoms with Crippen LogP contribution < -0.4 is 10.4 Å². The first kappa shape index (κ1) is 21.1.